The molecule has 3 heterocycles. The fourth-order valence-electron chi connectivity index (χ4n) is 2.98. The Hall–Kier alpha value is -2.60. The minimum absolute atomic E-state index is 0.690. The molecule has 0 aliphatic carbocycles. The molecule has 1 fully saturated rings. The van der Waals surface area contributed by atoms with Crippen LogP contribution in [0.5, 0.6) is 5.75 Å². The summed E-state index contributed by atoms with van der Waals surface area (Å²) in [5.41, 5.74) is 2.74. The Morgan fingerprint density at radius 3 is 2.75 bits per heavy atom. The van der Waals surface area contributed by atoms with Crippen LogP contribution in [0.3, 0.4) is 0 Å². The zero-order chi connectivity index (χ0) is 16.4. The number of benzene rings is 1. The number of hydrogen-bond donors (Lipinski definition) is 0. The smallest absolute Gasteiger partial charge is 0.298 e. The lowest BCUT2D eigenvalue weighted by Crippen LogP contribution is -2.46. The molecule has 6 nitrogen and oxygen atoms in total. The Bertz CT molecular complexity index is 810. The molecule has 6 heteroatoms. The van der Waals surface area contributed by atoms with Crippen LogP contribution in [0.25, 0.3) is 11.1 Å². The fourth-order valence-corrected chi connectivity index (χ4v) is 2.98. The first-order chi connectivity index (χ1) is 11.8. The van der Waals surface area contributed by atoms with Gasteiger partial charge in [0.2, 0.25) is 0 Å². The average Bonchev–Trinajstić information content (AvgIpc) is 3.06. The number of aromatic nitrogens is 2. The number of piperazine rings is 1. The van der Waals surface area contributed by atoms with Gasteiger partial charge in [-0.15, -0.1) is 0 Å². The highest BCUT2D eigenvalue weighted by Crippen LogP contribution is 2.26. The predicted octanol–water partition coefficient (Wildman–Crippen LogP) is 2.55. The van der Waals surface area contributed by atoms with Gasteiger partial charge in [0.05, 0.1) is 12.8 Å². The van der Waals surface area contributed by atoms with Gasteiger partial charge in [-0.3, -0.25) is 9.88 Å². The summed E-state index contributed by atoms with van der Waals surface area (Å²) in [6, 6.07) is 12.4. The van der Waals surface area contributed by atoms with E-state index < -0.39 is 0 Å². The van der Waals surface area contributed by atoms with Crippen LogP contribution in [0.4, 0.5) is 6.01 Å². The molecule has 1 aliphatic heterocycles. The maximum absolute atomic E-state index is 5.89. The monoisotopic (exact) mass is 324 g/mol. The SMILES string of the molecule is COc1ccc2oc(N3CCN(Cc4ccccn4)CC3)nc2c1. The molecule has 0 radical (unpaired) electrons. The number of pyridine rings is 1. The topological polar surface area (TPSA) is 54.6 Å². The van der Waals surface area contributed by atoms with Crippen LogP contribution in [0.1, 0.15) is 5.69 Å². The Labute approximate surface area is 140 Å². The van der Waals surface area contributed by atoms with Crippen LogP contribution in [-0.2, 0) is 6.54 Å². The van der Waals surface area contributed by atoms with Crippen molar-refractivity contribution in [2.24, 2.45) is 0 Å². The predicted molar refractivity (Wildman–Crippen MR) is 92.3 cm³/mol. The highest BCUT2D eigenvalue weighted by Gasteiger charge is 2.21. The Kier molecular flexibility index (Phi) is 4.04. The number of methoxy groups -OCH3 is 1. The summed E-state index contributed by atoms with van der Waals surface area (Å²) in [5, 5.41) is 0. The quantitative estimate of drug-likeness (QED) is 0.735. The number of hydrogen-bond acceptors (Lipinski definition) is 6. The van der Waals surface area contributed by atoms with Crippen molar-refractivity contribution in [1.29, 1.82) is 0 Å². The van der Waals surface area contributed by atoms with E-state index in [1.807, 2.05) is 36.5 Å². The molecule has 1 aromatic carbocycles. The zero-order valence-electron chi connectivity index (χ0n) is 13.7. The van der Waals surface area contributed by atoms with E-state index >= 15 is 0 Å². The van der Waals surface area contributed by atoms with E-state index in [9.17, 15) is 0 Å². The molecule has 2 aromatic heterocycles. The van der Waals surface area contributed by atoms with Gasteiger partial charge < -0.3 is 14.1 Å². The molecule has 4 rings (SSSR count). The van der Waals surface area contributed by atoms with Crippen LogP contribution in [0, 0.1) is 0 Å². The average molecular weight is 324 g/mol. The summed E-state index contributed by atoms with van der Waals surface area (Å²) in [5.74, 6) is 0.794. The molecule has 1 saturated heterocycles. The first-order valence-electron chi connectivity index (χ1n) is 8.13. The number of fused-ring (bicyclic) bond motifs is 1. The number of anilines is 1. The van der Waals surface area contributed by atoms with E-state index in [4.69, 9.17) is 9.15 Å². The van der Waals surface area contributed by atoms with Gasteiger partial charge in [0, 0.05) is 45.0 Å². The Morgan fingerprint density at radius 2 is 2.00 bits per heavy atom. The van der Waals surface area contributed by atoms with Crippen LogP contribution >= 0.6 is 0 Å². The second kappa shape index (κ2) is 6.49. The highest BCUT2D eigenvalue weighted by atomic mass is 16.5. The van der Waals surface area contributed by atoms with E-state index in [2.05, 4.69) is 25.8 Å². The molecule has 0 saturated carbocycles. The number of ether oxygens (including phenoxy) is 1. The van der Waals surface area contributed by atoms with Gasteiger partial charge in [-0.2, -0.15) is 4.98 Å². The third kappa shape index (κ3) is 3.05. The van der Waals surface area contributed by atoms with E-state index in [0.717, 1.165) is 55.3 Å². The van der Waals surface area contributed by atoms with Gasteiger partial charge in [0.25, 0.3) is 6.01 Å². The van der Waals surface area contributed by atoms with Gasteiger partial charge in [-0.25, -0.2) is 0 Å². The molecular formula is C18H20N4O2. The maximum atomic E-state index is 5.89. The third-order valence-corrected chi connectivity index (χ3v) is 4.34. The Balaban J connectivity index is 1.42. The van der Waals surface area contributed by atoms with E-state index in [-0.39, 0.29) is 0 Å². The van der Waals surface area contributed by atoms with E-state index in [0.29, 0.717) is 6.01 Å². The van der Waals surface area contributed by atoms with Crippen molar-refractivity contribution in [3.05, 3.63) is 48.3 Å². The molecule has 0 bridgehead atoms. The minimum Gasteiger partial charge on any atom is -0.497 e. The summed E-state index contributed by atoms with van der Waals surface area (Å²) < 4.78 is 11.1. The van der Waals surface area contributed by atoms with Gasteiger partial charge in [0.15, 0.2) is 5.58 Å². The Morgan fingerprint density at radius 1 is 1.12 bits per heavy atom. The second-order valence-electron chi connectivity index (χ2n) is 5.91. The van der Waals surface area contributed by atoms with E-state index in [1.165, 1.54) is 0 Å². The van der Waals surface area contributed by atoms with E-state index in [1.54, 1.807) is 7.11 Å². The van der Waals surface area contributed by atoms with Crippen molar-refractivity contribution in [2.75, 3.05) is 38.2 Å². The zero-order valence-corrected chi connectivity index (χ0v) is 13.7. The highest BCUT2D eigenvalue weighted by molar-refractivity contribution is 5.76. The third-order valence-electron chi connectivity index (χ3n) is 4.34. The first kappa shape index (κ1) is 15.0. The van der Waals surface area contributed by atoms with Crippen molar-refractivity contribution >= 4 is 17.1 Å². The van der Waals surface area contributed by atoms with Crippen LogP contribution < -0.4 is 9.64 Å². The van der Waals surface area contributed by atoms with Crippen molar-refractivity contribution in [2.45, 2.75) is 6.54 Å². The lowest BCUT2D eigenvalue weighted by atomic mass is 10.3. The van der Waals surface area contributed by atoms with Gasteiger partial charge in [0.1, 0.15) is 11.3 Å². The molecule has 3 aromatic rings. The summed E-state index contributed by atoms with van der Waals surface area (Å²) >= 11 is 0. The molecular weight excluding hydrogens is 304 g/mol. The summed E-state index contributed by atoms with van der Waals surface area (Å²) in [7, 11) is 1.66. The molecule has 0 N–H and O–H groups in total. The van der Waals surface area contributed by atoms with Crippen LogP contribution in [0.2, 0.25) is 0 Å². The minimum atomic E-state index is 0.690. The van der Waals surface area contributed by atoms with Gasteiger partial charge >= 0.3 is 0 Å². The largest absolute Gasteiger partial charge is 0.497 e. The first-order valence-corrected chi connectivity index (χ1v) is 8.13. The van der Waals surface area contributed by atoms with Gasteiger partial charge in [-0.05, 0) is 24.3 Å². The van der Waals surface area contributed by atoms with Gasteiger partial charge in [-0.1, -0.05) is 6.07 Å². The lowest BCUT2D eigenvalue weighted by molar-refractivity contribution is 0.243. The standard InChI is InChI=1S/C18H20N4O2/c1-23-15-5-6-17-16(12-15)20-18(24-17)22-10-8-21(9-11-22)13-14-4-2-3-7-19-14/h2-7,12H,8-11,13H2,1H3. The normalized spacial score (nSPS) is 15.8. The van der Waals surface area contributed by atoms with Crippen molar-refractivity contribution in [3.8, 4) is 5.75 Å². The fraction of sp³-hybridized carbons (Fsp3) is 0.333. The molecule has 0 atom stereocenters. The van der Waals surface area contributed by atoms with Crippen molar-refractivity contribution in [1.82, 2.24) is 14.9 Å². The molecule has 0 spiro atoms. The summed E-state index contributed by atoms with van der Waals surface area (Å²) in [4.78, 5) is 13.6. The van der Waals surface area contributed by atoms with Crippen LogP contribution in [0.15, 0.2) is 47.0 Å². The second-order valence-corrected chi connectivity index (χ2v) is 5.91. The molecule has 24 heavy (non-hydrogen) atoms. The van der Waals surface area contributed by atoms with Crippen molar-refractivity contribution in [3.63, 3.8) is 0 Å². The molecule has 0 unspecified atom stereocenters. The summed E-state index contributed by atoms with van der Waals surface area (Å²) in [6.07, 6.45) is 1.85. The van der Waals surface area contributed by atoms with Crippen LogP contribution in [-0.4, -0.2) is 48.2 Å². The molecule has 0 amide bonds. The lowest BCUT2D eigenvalue weighted by Gasteiger charge is -2.33. The summed E-state index contributed by atoms with van der Waals surface area (Å²) in [6.45, 7) is 4.63. The number of nitrogens with zero attached hydrogens (tertiary/aromatic N) is 4. The number of oxazole rings is 1. The molecule has 1 aliphatic rings. The maximum Gasteiger partial charge on any atom is 0.298 e. The molecule has 124 valence electrons. The van der Waals surface area contributed by atoms with Crippen molar-refractivity contribution < 1.29 is 9.15 Å². The number of rotatable bonds is 4.